The number of pyridine rings is 1. The molecule has 2 saturated heterocycles. The van der Waals surface area contributed by atoms with E-state index < -0.39 is 5.97 Å². The lowest BCUT2D eigenvalue weighted by Crippen LogP contribution is -2.67. The molecule has 41 heavy (non-hydrogen) atoms. The van der Waals surface area contributed by atoms with E-state index in [0.717, 1.165) is 37.2 Å². The number of likely N-dealkylation sites (tertiary alicyclic amines) is 1. The summed E-state index contributed by atoms with van der Waals surface area (Å²) < 4.78 is 1.71. The average Bonchev–Trinajstić information content (AvgIpc) is 3.55. The largest absolute Gasteiger partial charge is 0.478 e. The van der Waals surface area contributed by atoms with Gasteiger partial charge in [-0.25, -0.2) is 14.3 Å². The minimum Gasteiger partial charge on any atom is -0.478 e. The number of fused-ring (bicyclic) bond motifs is 1. The Hall–Kier alpha value is -4.21. The van der Waals surface area contributed by atoms with Crippen LogP contribution in [0.3, 0.4) is 0 Å². The number of nitrogens with one attached hydrogen (secondary N) is 1. The Balaban J connectivity index is 0.000000500. The van der Waals surface area contributed by atoms with E-state index in [1.54, 1.807) is 9.42 Å². The minimum atomic E-state index is -1.06. The van der Waals surface area contributed by atoms with Crippen molar-refractivity contribution in [2.24, 2.45) is 11.3 Å². The molecule has 1 aromatic carbocycles. The van der Waals surface area contributed by atoms with Crippen molar-refractivity contribution in [3.63, 3.8) is 0 Å². The Morgan fingerprint density at radius 3 is 2.34 bits per heavy atom. The first-order chi connectivity index (χ1) is 19.6. The van der Waals surface area contributed by atoms with E-state index in [-0.39, 0.29) is 47.5 Å². The number of hydrogen-bond donors (Lipinski definition) is 2. The number of carbonyl (C=O) groups is 3. The zero-order valence-corrected chi connectivity index (χ0v) is 23.8. The molecule has 1 aliphatic carbocycles. The molecule has 1 atom stereocenters. The molecule has 4 heterocycles. The maximum Gasteiger partial charge on any atom is 0.330 e. The van der Waals surface area contributed by atoms with Gasteiger partial charge in [-0.1, -0.05) is 49.9 Å². The fourth-order valence-electron chi connectivity index (χ4n) is 6.01. The monoisotopic (exact) mass is 558 g/mol. The Bertz CT molecular complexity index is 1410. The van der Waals surface area contributed by atoms with E-state index in [2.05, 4.69) is 39.9 Å². The number of aliphatic carboxylic acids is 1. The third kappa shape index (κ3) is 6.42. The lowest BCUT2D eigenvalue weighted by atomic mass is 9.60. The molecule has 3 fully saturated rings. The second-order valence-electron chi connectivity index (χ2n) is 11.8. The molecule has 3 aromatic rings. The fourth-order valence-corrected chi connectivity index (χ4v) is 6.01. The van der Waals surface area contributed by atoms with Crippen LogP contribution in [0.1, 0.15) is 55.2 Å². The number of aryl methyl sites for hydroxylation is 1. The Morgan fingerprint density at radius 2 is 1.76 bits per heavy atom. The number of rotatable bonds is 7. The Kier molecular flexibility index (Phi) is 8.10. The van der Waals surface area contributed by atoms with Crippen molar-refractivity contribution in [2.75, 3.05) is 31.1 Å². The molecule has 1 unspecified atom stereocenters. The Morgan fingerprint density at radius 1 is 1.10 bits per heavy atom. The highest BCUT2D eigenvalue weighted by atomic mass is 16.4. The number of hydrogen-bond acceptors (Lipinski definition) is 6. The second-order valence-corrected chi connectivity index (χ2v) is 11.8. The van der Waals surface area contributed by atoms with Crippen LogP contribution in [0.25, 0.3) is 5.65 Å². The summed E-state index contributed by atoms with van der Waals surface area (Å²) >= 11 is 0. The lowest BCUT2D eigenvalue weighted by molar-refractivity contribution is -0.151. The molecule has 0 bridgehead atoms. The quantitative estimate of drug-likeness (QED) is 0.424. The minimum absolute atomic E-state index is 0.0425. The van der Waals surface area contributed by atoms with Gasteiger partial charge < -0.3 is 20.2 Å². The van der Waals surface area contributed by atoms with Crippen molar-refractivity contribution in [3.05, 3.63) is 72.2 Å². The first-order valence-corrected chi connectivity index (χ1v) is 14.2. The first kappa shape index (κ1) is 28.3. The van der Waals surface area contributed by atoms with Gasteiger partial charge in [0.05, 0.1) is 11.9 Å². The molecule has 10 heteroatoms. The van der Waals surface area contributed by atoms with Gasteiger partial charge in [-0.3, -0.25) is 9.59 Å². The topological polar surface area (TPSA) is 120 Å². The van der Waals surface area contributed by atoms with Crippen molar-refractivity contribution in [2.45, 2.75) is 52.0 Å². The molecular formula is C31H38N6O4. The molecule has 6 rings (SSSR count). The third-order valence-corrected chi connectivity index (χ3v) is 8.30. The predicted octanol–water partition coefficient (Wildman–Crippen LogP) is 3.71. The van der Waals surface area contributed by atoms with Crippen molar-refractivity contribution >= 4 is 29.1 Å². The maximum atomic E-state index is 12.8. The van der Waals surface area contributed by atoms with Crippen LogP contribution in [0.2, 0.25) is 0 Å². The molecule has 2 aromatic heterocycles. The summed E-state index contributed by atoms with van der Waals surface area (Å²) in [6, 6.07) is 14.2. The summed E-state index contributed by atoms with van der Waals surface area (Å²) in [5.41, 5.74) is 2.89. The molecular weight excluding hydrogens is 520 g/mol. The first-order valence-electron chi connectivity index (χ1n) is 14.2. The molecule has 1 spiro atoms. The van der Waals surface area contributed by atoms with Gasteiger partial charge in [0, 0.05) is 49.6 Å². The lowest BCUT2D eigenvalue weighted by Gasteiger charge is -2.59. The van der Waals surface area contributed by atoms with Crippen molar-refractivity contribution in [1.82, 2.24) is 24.8 Å². The molecule has 2 amide bonds. The normalized spacial score (nSPS) is 19.2. The summed E-state index contributed by atoms with van der Waals surface area (Å²) in [5, 5.41) is 16.4. The second kappa shape index (κ2) is 11.7. The molecule has 216 valence electrons. The SMILES string of the molecule is C=C(CCC(=O)N1CC2(CC(NC(=O)c3nc4c(C)cc(N5CCC(C)C5)cn4n3)C2)C1)C(=O)O.c1ccccc1. The molecule has 1 saturated carbocycles. The Labute approximate surface area is 240 Å². The molecule has 0 radical (unpaired) electrons. The van der Waals surface area contributed by atoms with Crippen molar-refractivity contribution in [3.8, 4) is 0 Å². The van der Waals surface area contributed by atoms with Gasteiger partial charge in [-0.05, 0) is 50.2 Å². The highest BCUT2D eigenvalue weighted by molar-refractivity contribution is 5.91. The predicted molar refractivity (Wildman–Crippen MR) is 156 cm³/mol. The van der Waals surface area contributed by atoms with Gasteiger partial charge in [0.25, 0.3) is 5.91 Å². The third-order valence-electron chi connectivity index (χ3n) is 8.30. The number of anilines is 1. The molecule has 3 aliphatic rings. The van der Waals surface area contributed by atoms with Gasteiger partial charge in [-0.2, -0.15) is 0 Å². The standard InChI is InChI=1S/C25H32N6O4.C6H6/c1-15-6-7-29(11-15)19-8-17(3)22-27-21(28-31(22)12-19)23(33)26-18-9-25(10-18)13-30(14-25)20(32)5-4-16(2)24(34)35;1-2-4-6-5-3-1/h8,12,15,18H,2,4-7,9-11,13-14H2,1,3H3,(H,26,33)(H,34,35);1-6H. The number of nitrogens with zero attached hydrogens (tertiary/aromatic N) is 5. The van der Waals surface area contributed by atoms with E-state index >= 15 is 0 Å². The summed E-state index contributed by atoms with van der Waals surface area (Å²) in [6.45, 7) is 11.1. The number of carboxylic acid groups (broad SMARTS) is 1. The number of amides is 2. The van der Waals surface area contributed by atoms with Crippen LogP contribution in [0, 0.1) is 18.3 Å². The highest BCUT2D eigenvalue weighted by Gasteiger charge is 2.53. The van der Waals surface area contributed by atoms with Crippen molar-refractivity contribution < 1.29 is 19.5 Å². The highest BCUT2D eigenvalue weighted by Crippen LogP contribution is 2.48. The van der Waals surface area contributed by atoms with Gasteiger partial charge in [0.2, 0.25) is 11.7 Å². The maximum absolute atomic E-state index is 12.8. The number of aromatic nitrogens is 3. The van der Waals surface area contributed by atoms with Gasteiger partial charge in [0.1, 0.15) is 0 Å². The number of carboxylic acids is 1. The van der Waals surface area contributed by atoms with E-state index in [0.29, 0.717) is 24.7 Å². The van der Waals surface area contributed by atoms with Gasteiger partial charge in [-0.15, -0.1) is 5.10 Å². The van der Waals surface area contributed by atoms with Crippen LogP contribution in [0.4, 0.5) is 5.69 Å². The summed E-state index contributed by atoms with van der Waals surface area (Å²) in [6.07, 6.45) is 5.09. The molecule has 10 nitrogen and oxygen atoms in total. The molecule has 2 N–H and O–H groups in total. The average molecular weight is 559 g/mol. The van der Waals surface area contributed by atoms with Gasteiger partial charge >= 0.3 is 5.97 Å². The summed E-state index contributed by atoms with van der Waals surface area (Å²) in [7, 11) is 0. The van der Waals surface area contributed by atoms with Crippen LogP contribution in [0.15, 0.2) is 60.8 Å². The van der Waals surface area contributed by atoms with Gasteiger partial charge in [0.15, 0.2) is 5.65 Å². The van der Waals surface area contributed by atoms with E-state index in [9.17, 15) is 14.4 Å². The van der Waals surface area contributed by atoms with Crippen LogP contribution in [0.5, 0.6) is 0 Å². The van der Waals surface area contributed by atoms with Crippen LogP contribution in [-0.2, 0) is 9.59 Å². The zero-order chi connectivity index (χ0) is 29.1. The van der Waals surface area contributed by atoms with E-state index in [4.69, 9.17) is 5.11 Å². The van der Waals surface area contributed by atoms with E-state index in [1.165, 1.54) is 6.42 Å². The smallest absolute Gasteiger partial charge is 0.330 e. The summed E-state index contributed by atoms with van der Waals surface area (Å²) in [5.74, 6) is -0.537. The van der Waals surface area contributed by atoms with E-state index in [1.807, 2.05) is 49.5 Å². The molecule has 2 aliphatic heterocycles. The number of benzene rings is 1. The summed E-state index contributed by atoms with van der Waals surface area (Å²) in [4.78, 5) is 44.5. The van der Waals surface area contributed by atoms with Crippen LogP contribution < -0.4 is 10.2 Å². The number of carbonyl (C=O) groups excluding carboxylic acids is 2. The fraction of sp³-hybridized carbons (Fsp3) is 0.452. The van der Waals surface area contributed by atoms with Crippen LogP contribution in [-0.4, -0.2) is 74.6 Å². The van der Waals surface area contributed by atoms with Crippen LogP contribution >= 0.6 is 0 Å². The van der Waals surface area contributed by atoms with Crippen molar-refractivity contribution in [1.29, 1.82) is 0 Å². The zero-order valence-electron chi connectivity index (χ0n) is 23.8.